The maximum Gasteiger partial charge on any atom is 0.162 e. The first-order valence-electron chi connectivity index (χ1n) is 4.34. The summed E-state index contributed by atoms with van der Waals surface area (Å²) in [5.41, 5.74) is 7.52. The predicted molar refractivity (Wildman–Crippen MR) is 57.9 cm³/mol. The van der Waals surface area contributed by atoms with Gasteiger partial charge in [0, 0.05) is 11.8 Å². The monoisotopic (exact) mass is 193 g/mol. The molecule has 0 fully saturated rings. The smallest absolute Gasteiger partial charge is 0.162 e. The van der Waals surface area contributed by atoms with Crippen molar-refractivity contribution in [2.75, 3.05) is 20.0 Å². The van der Waals surface area contributed by atoms with Crippen LogP contribution in [0.2, 0.25) is 0 Å². The molecule has 0 aromatic heterocycles. The Kier molecular flexibility index (Phi) is 3.40. The van der Waals surface area contributed by atoms with E-state index in [1.165, 1.54) is 0 Å². The number of benzene rings is 1. The van der Waals surface area contributed by atoms with Crippen LogP contribution in [-0.4, -0.2) is 14.2 Å². The minimum Gasteiger partial charge on any atom is -0.493 e. The van der Waals surface area contributed by atoms with Crippen LogP contribution in [-0.2, 0) is 6.42 Å². The van der Waals surface area contributed by atoms with Gasteiger partial charge in [0.2, 0.25) is 0 Å². The first-order valence-corrected chi connectivity index (χ1v) is 4.34. The topological polar surface area (TPSA) is 44.5 Å². The highest BCUT2D eigenvalue weighted by molar-refractivity contribution is 5.58. The van der Waals surface area contributed by atoms with Crippen LogP contribution < -0.4 is 15.2 Å². The highest BCUT2D eigenvalue weighted by Gasteiger charge is 2.07. The van der Waals surface area contributed by atoms with E-state index in [0.29, 0.717) is 17.2 Å². The third kappa shape index (κ3) is 1.99. The van der Waals surface area contributed by atoms with Gasteiger partial charge in [-0.2, -0.15) is 0 Å². The number of ether oxygens (including phenoxy) is 2. The molecule has 3 heteroatoms. The van der Waals surface area contributed by atoms with Crippen molar-refractivity contribution < 1.29 is 9.47 Å². The Morgan fingerprint density at radius 1 is 1.29 bits per heavy atom. The number of nitrogens with two attached hydrogens (primary N) is 1. The minimum absolute atomic E-state index is 0.651. The van der Waals surface area contributed by atoms with Gasteiger partial charge >= 0.3 is 0 Å². The zero-order chi connectivity index (χ0) is 10.6. The van der Waals surface area contributed by atoms with E-state index >= 15 is 0 Å². The van der Waals surface area contributed by atoms with Crippen LogP contribution in [0.15, 0.2) is 24.8 Å². The fourth-order valence-corrected chi connectivity index (χ4v) is 1.27. The minimum atomic E-state index is 0.651. The molecule has 0 aliphatic heterocycles. The van der Waals surface area contributed by atoms with E-state index in [-0.39, 0.29) is 0 Å². The average Bonchev–Trinajstić information content (AvgIpc) is 2.20. The van der Waals surface area contributed by atoms with Crippen LogP contribution in [0.25, 0.3) is 0 Å². The number of allylic oxidation sites excluding steroid dienone is 1. The van der Waals surface area contributed by atoms with Gasteiger partial charge in [-0.15, -0.1) is 6.58 Å². The molecule has 14 heavy (non-hydrogen) atoms. The summed E-state index contributed by atoms with van der Waals surface area (Å²) >= 11 is 0. The first-order chi connectivity index (χ1) is 6.72. The molecule has 0 aliphatic rings. The van der Waals surface area contributed by atoms with Gasteiger partial charge in [0.15, 0.2) is 11.5 Å². The third-order valence-electron chi connectivity index (χ3n) is 2.01. The van der Waals surface area contributed by atoms with E-state index in [0.717, 1.165) is 12.0 Å². The standard InChI is InChI=1S/C11H15NO2/c1-4-5-8-6-10(13-2)11(14-3)7-9(8)12/h4,6-7H,1,5,12H2,2-3H3. The lowest BCUT2D eigenvalue weighted by atomic mass is 10.1. The van der Waals surface area contributed by atoms with Crippen molar-refractivity contribution in [3.8, 4) is 11.5 Å². The molecule has 1 aromatic carbocycles. The molecule has 0 heterocycles. The Morgan fingerprint density at radius 3 is 2.36 bits per heavy atom. The van der Waals surface area contributed by atoms with Crippen molar-refractivity contribution in [1.29, 1.82) is 0 Å². The molecule has 0 aliphatic carbocycles. The molecule has 3 nitrogen and oxygen atoms in total. The average molecular weight is 193 g/mol. The van der Waals surface area contributed by atoms with Gasteiger partial charge in [-0.1, -0.05) is 6.08 Å². The van der Waals surface area contributed by atoms with Crippen LogP contribution in [0.3, 0.4) is 0 Å². The fourth-order valence-electron chi connectivity index (χ4n) is 1.27. The lowest BCUT2D eigenvalue weighted by Crippen LogP contribution is -1.97. The van der Waals surface area contributed by atoms with Crippen LogP contribution in [0.4, 0.5) is 5.69 Å². The van der Waals surface area contributed by atoms with E-state index in [2.05, 4.69) is 6.58 Å². The normalized spacial score (nSPS) is 9.57. The summed E-state index contributed by atoms with van der Waals surface area (Å²) < 4.78 is 10.3. The Hall–Kier alpha value is -1.64. The molecule has 0 saturated carbocycles. The summed E-state index contributed by atoms with van der Waals surface area (Å²) in [6.07, 6.45) is 2.53. The van der Waals surface area contributed by atoms with Gasteiger partial charge in [-0.05, 0) is 18.1 Å². The zero-order valence-corrected chi connectivity index (χ0v) is 8.54. The van der Waals surface area contributed by atoms with E-state index in [1.807, 2.05) is 6.07 Å². The Balaban J connectivity index is 3.15. The summed E-state index contributed by atoms with van der Waals surface area (Å²) in [6, 6.07) is 3.63. The summed E-state index contributed by atoms with van der Waals surface area (Å²) in [5, 5.41) is 0. The number of hydrogen-bond acceptors (Lipinski definition) is 3. The molecule has 76 valence electrons. The number of anilines is 1. The van der Waals surface area contributed by atoms with Gasteiger partial charge in [-0.25, -0.2) is 0 Å². The molecule has 2 N–H and O–H groups in total. The van der Waals surface area contributed by atoms with E-state index < -0.39 is 0 Å². The van der Waals surface area contributed by atoms with Crippen LogP contribution in [0.5, 0.6) is 11.5 Å². The van der Waals surface area contributed by atoms with Gasteiger partial charge in [0.05, 0.1) is 14.2 Å². The van der Waals surface area contributed by atoms with Gasteiger partial charge in [0.1, 0.15) is 0 Å². The molecule has 0 spiro atoms. The Morgan fingerprint density at radius 2 is 1.86 bits per heavy atom. The lowest BCUT2D eigenvalue weighted by molar-refractivity contribution is 0.355. The van der Waals surface area contributed by atoms with Crippen molar-refractivity contribution in [2.24, 2.45) is 0 Å². The number of hydrogen-bond donors (Lipinski definition) is 1. The molecule has 0 amide bonds. The lowest BCUT2D eigenvalue weighted by Gasteiger charge is -2.11. The largest absolute Gasteiger partial charge is 0.493 e. The second-order valence-corrected chi connectivity index (χ2v) is 2.90. The van der Waals surface area contributed by atoms with Crippen molar-refractivity contribution in [2.45, 2.75) is 6.42 Å². The maximum atomic E-state index is 5.82. The van der Waals surface area contributed by atoms with Crippen molar-refractivity contribution in [3.05, 3.63) is 30.4 Å². The van der Waals surface area contributed by atoms with Gasteiger partial charge in [-0.3, -0.25) is 0 Å². The molecule has 0 saturated heterocycles. The molecular formula is C11H15NO2. The SMILES string of the molecule is C=CCc1cc(OC)c(OC)cc1N. The molecule has 0 radical (unpaired) electrons. The molecular weight excluding hydrogens is 178 g/mol. The molecule has 0 bridgehead atoms. The summed E-state index contributed by atoms with van der Waals surface area (Å²) in [6.45, 7) is 3.67. The zero-order valence-electron chi connectivity index (χ0n) is 8.54. The van der Waals surface area contributed by atoms with E-state index in [9.17, 15) is 0 Å². The Bertz CT molecular complexity index is 334. The van der Waals surface area contributed by atoms with E-state index in [4.69, 9.17) is 15.2 Å². The first kappa shape index (κ1) is 10.4. The molecule has 0 unspecified atom stereocenters. The van der Waals surface area contributed by atoms with Gasteiger partial charge < -0.3 is 15.2 Å². The van der Waals surface area contributed by atoms with Crippen LogP contribution >= 0.6 is 0 Å². The fraction of sp³-hybridized carbons (Fsp3) is 0.273. The van der Waals surface area contributed by atoms with Crippen LogP contribution in [0, 0.1) is 0 Å². The number of rotatable bonds is 4. The van der Waals surface area contributed by atoms with Crippen LogP contribution in [0.1, 0.15) is 5.56 Å². The molecule has 0 atom stereocenters. The quantitative estimate of drug-likeness (QED) is 0.587. The summed E-state index contributed by atoms with van der Waals surface area (Å²) in [7, 11) is 3.19. The van der Waals surface area contributed by atoms with E-state index in [1.54, 1.807) is 26.4 Å². The maximum absolute atomic E-state index is 5.82. The second kappa shape index (κ2) is 4.56. The highest BCUT2D eigenvalue weighted by Crippen LogP contribution is 2.32. The molecule has 1 rings (SSSR count). The third-order valence-corrected chi connectivity index (χ3v) is 2.01. The second-order valence-electron chi connectivity index (χ2n) is 2.90. The Labute approximate surface area is 84.1 Å². The van der Waals surface area contributed by atoms with Crippen molar-refractivity contribution >= 4 is 5.69 Å². The van der Waals surface area contributed by atoms with Gasteiger partial charge in [0.25, 0.3) is 0 Å². The number of nitrogen functional groups attached to an aromatic ring is 1. The number of methoxy groups -OCH3 is 2. The molecule has 1 aromatic rings. The predicted octanol–water partition coefficient (Wildman–Crippen LogP) is 2.01. The highest BCUT2D eigenvalue weighted by atomic mass is 16.5. The van der Waals surface area contributed by atoms with Crippen molar-refractivity contribution in [3.63, 3.8) is 0 Å². The summed E-state index contributed by atoms with van der Waals surface area (Å²) in [4.78, 5) is 0. The van der Waals surface area contributed by atoms with Crippen molar-refractivity contribution in [1.82, 2.24) is 0 Å². The summed E-state index contributed by atoms with van der Waals surface area (Å²) in [5.74, 6) is 1.34.